The van der Waals surface area contributed by atoms with Crippen molar-refractivity contribution in [3.8, 4) is 28.7 Å². The molecular formula is C32H19N5S. The maximum Gasteiger partial charge on any atom is 0.238 e. The molecule has 0 aliphatic rings. The van der Waals surface area contributed by atoms with Crippen LogP contribution in [0.5, 0.6) is 0 Å². The second kappa shape index (κ2) is 8.30. The van der Waals surface area contributed by atoms with E-state index < -0.39 is 0 Å². The molecule has 0 saturated heterocycles. The van der Waals surface area contributed by atoms with Crippen LogP contribution in [0.25, 0.3) is 70.8 Å². The Morgan fingerprint density at radius 1 is 0.526 bits per heavy atom. The van der Waals surface area contributed by atoms with E-state index in [-0.39, 0.29) is 0 Å². The SMILES string of the molecule is c1ccc(-c2nc(-c3ccccc3)nc(-n3c4cccnc4c4c5c(ccc43)sc3ccccc35)n2)cc1. The molecule has 38 heavy (non-hydrogen) atoms. The Kier molecular flexibility index (Phi) is 4.62. The van der Waals surface area contributed by atoms with Crippen LogP contribution in [0.15, 0.2) is 115 Å². The van der Waals surface area contributed by atoms with Crippen molar-refractivity contribution in [1.82, 2.24) is 24.5 Å². The van der Waals surface area contributed by atoms with Crippen molar-refractivity contribution >= 4 is 53.4 Å². The van der Waals surface area contributed by atoms with E-state index in [0.717, 1.165) is 33.1 Å². The van der Waals surface area contributed by atoms with Crippen molar-refractivity contribution in [3.05, 3.63) is 115 Å². The summed E-state index contributed by atoms with van der Waals surface area (Å²) in [6, 6.07) is 37.1. The fourth-order valence-electron chi connectivity index (χ4n) is 5.24. The number of aromatic nitrogens is 5. The summed E-state index contributed by atoms with van der Waals surface area (Å²) in [4.78, 5) is 19.8. The van der Waals surface area contributed by atoms with E-state index in [2.05, 4.69) is 47.0 Å². The molecule has 0 fully saturated rings. The average Bonchev–Trinajstić information content (AvgIpc) is 3.53. The predicted molar refractivity (Wildman–Crippen MR) is 156 cm³/mol. The molecule has 0 aliphatic carbocycles. The molecule has 0 radical (unpaired) electrons. The highest BCUT2D eigenvalue weighted by Gasteiger charge is 2.21. The minimum Gasteiger partial charge on any atom is -0.276 e. The standard InChI is InChI=1S/C32H19N5S/c1-3-10-20(11-4-1)30-34-31(21-12-5-2-6-13-21)36-32(35-30)37-23-17-18-26-27(22-14-7-8-16-25(22)38-26)28(23)29-24(37)15-9-19-33-29/h1-19H. The van der Waals surface area contributed by atoms with Crippen molar-refractivity contribution in [3.63, 3.8) is 0 Å². The third-order valence-electron chi connectivity index (χ3n) is 6.91. The molecule has 8 rings (SSSR count). The van der Waals surface area contributed by atoms with Gasteiger partial charge >= 0.3 is 0 Å². The zero-order valence-corrected chi connectivity index (χ0v) is 20.9. The normalized spacial score (nSPS) is 11.7. The van der Waals surface area contributed by atoms with Crippen molar-refractivity contribution in [2.24, 2.45) is 0 Å². The van der Waals surface area contributed by atoms with Crippen molar-refractivity contribution in [1.29, 1.82) is 0 Å². The Hall–Kier alpha value is -4.94. The van der Waals surface area contributed by atoms with Crippen LogP contribution in [0.2, 0.25) is 0 Å². The zero-order valence-electron chi connectivity index (χ0n) is 20.1. The van der Waals surface area contributed by atoms with Crippen LogP contribution >= 0.6 is 11.3 Å². The summed E-state index contributed by atoms with van der Waals surface area (Å²) in [6.07, 6.45) is 1.86. The maximum absolute atomic E-state index is 5.02. The van der Waals surface area contributed by atoms with Crippen LogP contribution in [0.4, 0.5) is 0 Å². The van der Waals surface area contributed by atoms with Gasteiger partial charge in [-0.2, -0.15) is 9.97 Å². The summed E-state index contributed by atoms with van der Waals surface area (Å²) in [5.41, 5.74) is 4.82. The summed E-state index contributed by atoms with van der Waals surface area (Å²) in [5, 5.41) is 3.60. The number of hydrogen-bond donors (Lipinski definition) is 0. The van der Waals surface area contributed by atoms with Crippen LogP contribution < -0.4 is 0 Å². The van der Waals surface area contributed by atoms with Gasteiger partial charge in [0.25, 0.3) is 0 Å². The second-order valence-electron chi connectivity index (χ2n) is 9.15. The predicted octanol–water partition coefficient (Wildman–Crippen LogP) is 8.07. The summed E-state index contributed by atoms with van der Waals surface area (Å²) in [7, 11) is 0. The number of fused-ring (bicyclic) bond motifs is 7. The molecule has 0 spiro atoms. The lowest BCUT2D eigenvalue weighted by molar-refractivity contribution is 0.953. The smallest absolute Gasteiger partial charge is 0.238 e. The van der Waals surface area contributed by atoms with Gasteiger partial charge < -0.3 is 0 Å². The maximum atomic E-state index is 5.02. The number of hydrogen-bond acceptors (Lipinski definition) is 5. The molecule has 0 bridgehead atoms. The Morgan fingerprint density at radius 2 is 1.21 bits per heavy atom. The quantitative estimate of drug-likeness (QED) is 0.244. The van der Waals surface area contributed by atoms with Crippen LogP contribution in [0, 0.1) is 0 Å². The second-order valence-corrected chi connectivity index (χ2v) is 10.2. The first kappa shape index (κ1) is 21.2. The Bertz CT molecular complexity index is 2070. The van der Waals surface area contributed by atoms with Crippen LogP contribution in [-0.2, 0) is 0 Å². The highest BCUT2D eigenvalue weighted by molar-refractivity contribution is 7.26. The Labute approximate surface area is 221 Å². The first-order chi connectivity index (χ1) is 18.8. The Morgan fingerprint density at radius 3 is 1.95 bits per heavy atom. The van der Waals surface area contributed by atoms with Crippen molar-refractivity contribution in [2.75, 3.05) is 0 Å². The first-order valence-corrected chi connectivity index (χ1v) is 13.2. The largest absolute Gasteiger partial charge is 0.276 e. The van der Waals surface area contributed by atoms with E-state index in [1.807, 2.05) is 84.3 Å². The summed E-state index contributed by atoms with van der Waals surface area (Å²) in [5.74, 6) is 1.84. The van der Waals surface area contributed by atoms with Crippen molar-refractivity contribution in [2.45, 2.75) is 0 Å². The lowest BCUT2D eigenvalue weighted by Crippen LogP contribution is -2.06. The summed E-state index contributed by atoms with van der Waals surface area (Å²) in [6.45, 7) is 0. The highest BCUT2D eigenvalue weighted by Crippen LogP contribution is 2.42. The van der Waals surface area contributed by atoms with E-state index in [1.54, 1.807) is 0 Å². The number of nitrogens with zero attached hydrogens (tertiary/aromatic N) is 5. The number of benzene rings is 4. The lowest BCUT2D eigenvalue weighted by Gasteiger charge is -2.10. The third-order valence-corrected chi connectivity index (χ3v) is 8.05. The van der Waals surface area contributed by atoms with Gasteiger partial charge in [-0.3, -0.25) is 9.55 Å². The van der Waals surface area contributed by atoms with Crippen molar-refractivity contribution < 1.29 is 0 Å². The summed E-state index contributed by atoms with van der Waals surface area (Å²) < 4.78 is 4.64. The molecule has 6 heteroatoms. The topological polar surface area (TPSA) is 56.5 Å². The fraction of sp³-hybridized carbons (Fsp3) is 0. The minimum absolute atomic E-state index is 0.574. The van der Waals surface area contributed by atoms with E-state index >= 15 is 0 Å². The molecule has 0 aliphatic heterocycles. The van der Waals surface area contributed by atoms with Crippen LogP contribution in [0.3, 0.4) is 0 Å². The number of thiophene rings is 1. The fourth-order valence-corrected chi connectivity index (χ4v) is 6.36. The van der Waals surface area contributed by atoms with Gasteiger partial charge in [-0.05, 0) is 30.3 Å². The van der Waals surface area contributed by atoms with E-state index in [0.29, 0.717) is 17.6 Å². The molecule has 4 aromatic carbocycles. The minimum atomic E-state index is 0.574. The van der Waals surface area contributed by atoms with E-state index in [4.69, 9.17) is 19.9 Å². The highest BCUT2D eigenvalue weighted by atomic mass is 32.1. The van der Waals surface area contributed by atoms with Crippen LogP contribution in [0.1, 0.15) is 0 Å². The van der Waals surface area contributed by atoms with Gasteiger partial charge in [0.15, 0.2) is 11.6 Å². The zero-order chi connectivity index (χ0) is 25.1. The molecular weight excluding hydrogens is 486 g/mol. The molecule has 4 aromatic heterocycles. The van der Waals surface area contributed by atoms with Gasteiger partial charge in [-0.1, -0.05) is 78.9 Å². The van der Waals surface area contributed by atoms with Gasteiger partial charge in [0.05, 0.1) is 16.6 Å². The summed E-state index contributed by atoms with van der Waals surface area (Å²) >= 11 is 1.81. The molecule has 0 unspecified atom stereocenters. The van der Waals surface area contributed by atoms with Gasteiger partial charge in [0, 0.05) is 42.9 Å². The Balaban J connectivity index is 1.51. The molecule has 5 nitrogen and oxygen atoms in total. The van der Waals surface area contributed by atoms with E-state index in [1.165, 1.54) is 20.2 Å². The molecule has 0 atom stereocenters. The van der Waals surface area contributed by atoms with Gasteiger partial charge in [0.1, 0.15) is 0 Å². The first-order valence-electron chi connectivity index (χ1n) is 12.4. The van der Waals surface area contributed by atoms with Gasteiger partial charge in [-0.15, -0.1) is 11.3 Å². The molecule has 0 amide bonds. The average molecular weight is 506 g/mol. The molecule has 0 N–H and O–H groups in total. The van der Waals surface area contributed by atoms with Gasteiger partial charge in [-0.25, -0.2) is 4.98 Å². The van der Waals surface area contributed by atoms with E-state index in [9.17, 15) is 0 Å². The molecule has 0 saturated carbocycles. The molecule has 4 heterocycles. The monoisotopic (exact) mass is 505 g/mol. The molecule has 178 valence electrons. The van der Waals surface area contributed by atoms with Gasteiger partial charge in [0.2, 0.25) is 5.95 Å². The number of rotatable bonds is 3. The lowest BCUT2D eigenvalue weighted by atomic mass is 10.1. The number of pyridine rings is 1. The third kappa shape index (κ3) is 3.17. The van der Waals surface area contributed by atoms with Crippen LogP contribution in [-0.4, -0.2) is 24.5 Å². The molecule has 8 aromatic rings.